The zero-order valence-corrected chi connectivity index (χ0v) is 18.4. The molecule has 1 aromatic heterocycles. The summed E-state index contributed by atoms with van der Waals surface area (Å²) in [5.41, 5.74) is 3.80. The van der Waals surface area contributed by atoms with Crippen molar-refractivity contribution in [2.75, 3.05) is 5.32 Å². The molecule has 7 heteroatoms. The number of nitrogens with one attached hydrogen (secondary N) is 2. The number of carbonyl (C=O) groups is 2. The van der Waals surface area contributed by atoms with Gasteiger partial charge in [0.05, 0.1) is 0 Å². The Kier molecular flexibility index (Phi) is 6.95. The van der Waals surface area contributed by atoms with Crippen LogP contribution in [0.2, 0.25) is 0 Å². The lowest BCUT2D eigenvalue weighted by Gasteiger charge is -2.21. The fourth-order valence-corrected chi connectivity index (χ4v) is 3.67. The Morgan fingerprint density at radius 3 is 2.27 bits per heavy atom. The van der Waals surface area contributed by atoms with Crippen LogP contribution in [0.1, 0.15) is 42.3 Å². The van der Waals surface area contributed by atoms with Gasteiger partial charge in [-0.05, 0) is 37.0 Å². The van der Waals surface area contributed by atoms with E-state index in [-0.39, 0.29) is 17.7 Å². The maximum Gasteiger partial charge on any atom is 0.251 e. The third-order valence-corrected chi connectivity index (χ3v) is 5.70. The van der Waals surface area contributed by atoms with Crippen molar-refractivity contribution in [1.29, 1.82) is 0 Å². The van der Waals surface area contributed by atoms with E-state index in [4.69, 9.17) is 0 Å². The predicted octanol–water partition coefficient (Wildman–Crippen LogP) is 4.47. The summed E-state index contributed by atoms with van der Waals surface area (Å²) in [4.78, 5) is 25.4. The van der Waals surface area contributed by atoms with Gasteiger partial charge in [0.2, 0.25) is 11.0 Å². The maximum absolute atomic E-state index is 12.8. The Hall–Kier alpha value is -3.06. The van der Waals surface area contributed by atoms with Crippen LogP contribution < -0.4 is 10.6 Å². The lowest BCUT2D eigenvalue weighted by molar-refractivity contribution is -0.118. The molecule has 0 aliphatic carbocycles. The molecule has 0 saturated heterocycles. The Labute approximate surface area is 180 Å². The average molecular weight is 423 g/mol. The Morgan fingerprint density at radius 2 is 1.67 bits per heavy atom. The zero-order chi connectivity index (χ0) is 21.7. The van der Waals surface area contributed by atoms with Crippen molar-refractivity contribution in [3.63, 3.8) is 0 Å². The van der Waals surface area contributed by atoms with E-state index in [0.717, 1.165) is 28.1 Å². The number of hydrogen-bond acceptors (Lipinski definition) is 5. The highest BCUT2D eigenvalue weighted by Gasteiger charge is 2.25. The van der Waals surface area contributed by atoms with E-state index in [1.807, 2.05) is 57.2 Å². The van der Waals surface area contributed by atoms with Gasteiger partial charge in [-0.25, -0.2) is 0 Å². The largest absolute Gasteiger partial charge is 0.340 e. The number of aryl methyl sites for hydroxylation is 2. The van der Waals surface area contributed by atoms with Crippen molar-refractivity contribution in [1.82, 2.24) is 15.5 Å². The first-order valence-corrected chi connectivity index (χ1v) is 10.8. The second-order valence-electron chi connectivity index (χ2n) is 7.51. The smallest absolute Gasteiger partial charge is 0.251 e. The van der Waals surface area contributed by atoms with E-state index in [0.29, 0.717) is 10.7 Å². The van der Waals surface area contributed by atoms with E-state index in [1.54, 1.807) is 12.1 Å². The average Bonchev–Trinajstić information content (AvgIpc) is 3.20. The molecule has 2 N–H and O–H groups in total. The lowest BCUT2D eigenvalue weighted by atomic mass is 10.0. The van der Waals surface area contributed by atoms with Gasteiger partial charge in [0, 0.05) is 11.1 Å². The molecular weight excluding hydrogens is 396 g/mol. The molecule has 2 aromatic carbocycles. The van der Waals surface area contributed by atoms with Crippen molar-refractivity contribution in [2.24, 2.45) is 5.92 Å². The number of rotatable bonds is 7. The summed E-state index contributed by atoms with van der Waals surface area (Å²) in [7, 11) is 0. The molecule has 6 nitrogen and oxygen atoms in total. The van der Waals surface area contributed by atoms with E-state index in [2.05, 4.69) is 27.8 Å². The number of nitrogens with zero attached hydrogens (tertiary/aromatic N) is 2. The standard InChI is InChI=1S/C23H26N4O2S/c1-5-16-8-12-17(13-9-16)20(28)24-19(14(2)3)21(29)25-23-27-26-22(30-23)18-10-6-15(4)7-11-18/h6-14,19H,5H2,1-4H3,(H,24,28)(H,25,27,29)/t19-/m1/s1. The molecule has 2 amide bonds. The second-order valence-corrected chi connectivity index (χ2v) is 8.49. The minimum absolute atomic E-state index is 0.0895. The first kappa shape index (κ1) is 21.6. The normalized spacial score (nSPS) is 11.9. The van der Waals surface area contributed by atoms with Crippen LogP contribution in [0.5, 0.6) is 0 Å². The quantitative estimate of drug-likeness (QED) is 0.588. The van der Waals surface area contributed by atoms with Crippen LogP contribution in [0.3, 0.4) is 0 Å². The zero-order valence-electron chi connectivity index (χ0n) is 17.6. The lowest BCUT2D eigenvalue weighted by Crippen LogP contribution is -2.47. The van der Waals surface area contributed by atoms with E-state index in [9.17, 15) is 9.59 Å². The minimum atomic E-state index is -0.685. The van der Waals surface area contributed by atoms with Gasteiger partial charge in [-0.2, -0.15) is 0 Å². The van der Waals surface area contributed by atoms with Crippen LogP contribution in [-0.4, -0.2) is 28.1 Å². The van der Waals surface area contributed by atoms with Gasteiger partial charge >= 0.3 is 0 Å². The van der Waals surface area contributed by atoms with Crippen molar-refractivity contribution in [2.45, 2.75) is 40.2 Å². The maximum atomic E-state index is 12.8. The number of amides is 2. The fraction of sp³-hybridized carbons (Fsp3) is 0.304. The van der Waals surface area contributed by atoms with Crippen LogP contribution in [0.4, 0.5) is 5.13 Å². The van der Waals surface area contributed by atoms with Gasteiger partial charge < -0.3 is 5.32 Å². The van der Waals surface area contributed by atoms with Crippen molar-refractivity contribution < 1.29 is 9.59 Å². The number of carbonyl (C=O) groups excluding carboxylic acids is 2. The van der Waals surface area contributed by atoms with Gasteiger partial charge in [-0.1, -0.05) is 74.1 Å². The molecule has 0 fully saturated rings. The summed E-state index contributed by atoms with van der Waals surface area (Å²) in [5.74, 6) is -0.674. The molecule has 0 spiro atoms. The summed E-state index contributed by atoms with van der Waals surface area (Å²) in [5, 5.41) is 15.0. The summed E-state index contributed by atoms with van der Waals surface area (Å²) >= 11 is 1.30. The third-order valence-electron chi connectivity index (χ3n) is 4.81. The summed E-state index contributed by atoms with van der Waals surface area (Å²) in [6.07, 6.45) is 0.908. The summed E-state index contributed by atoms with van der Waals surface area (Å²) < 4.78 is 0. The summed E-state index contributed by atoms with van der Waals surface area (Å²) in [6, 6.07) is 14.7. The molecule has 0 saturated carbocycles. The van der Waals surface area contributed by atoms with Crippen molar-refractivity contribution >= 4 is 28.3 Å². The van der Waals surface area contributed by atoms with Crippen LogP contribution >= 0.6 is 11.3 Å². The van der Waals surface area contributed by atoms with Crippen molar-refractivity contribution in [3.8, 4) is 10.6 Å². The molecule has 0 radical (unpaired) electrons. The highest BCUT2D eigenvalue weighted by molar-refractivity contribution is 7.18. The molecule has 0 aliphatic rings. The molecule has 0 bridgehead atoms. The van der Waals surface area contributed by atoms with E-state index >= 15 is 0 Å². The molecule has 0 unspecified atom stereocenters. The first-order valence-electron chi connectivity index (χ1n) is 9.98. The molecule has 156 valence electrons. The van der Waals surface area contributed by atoms with Crippen LogP contribution in [0.25, 0.3) is 10.6 Å². The topological polar surface area (TPSA) is 84.0 Å². The Morgan fingerprint density at radius 1 is 1.00 bits per heavy atom. The van der Waals surface area contributed by atoms with Gasteiger partial charge in [0.15, 0.2) is 0 Å². The summed E-state index contributed by atoms with van der Waals surface area (Å²) in [6.45, 7) is 7.87. The number of aromatic nitrogens is 2. The highest BCUT2D eigenvalue weighted by atomic mass is 32.1. The highest BCUT2D eigenvalue weighted by Crippen LogP contribution is 2.26. The molecule has 1 heterocycles. The Balaban J connectivity index is 1.68. The molecule has 1 atom stereocenters. The fourth-order valence-electron chi connectivity index (χ4n) is 2.92. The van der Waals surface area contributed by atoms with Gasteiger partial charge in [0.25, 0.3) is 5.91 Å². The molecular formula is C23H26N4O2S. The molecule has 3 aromatic rings. The number of benzene rings is 2. The SMILES string of the molecule is CCc1ccc(C(=O)N[C@@H](C(=O)Nc2nnc(-c3ccc(C)cc3)s2)C(C)C)cc1. The second kappa shape index (κ2) is 9.63. The third kappa shape index (κ3) is 5.30. The molecule has 30 heavy (non-hydrogen) atoms. The number of hydrogen-bond donors (Lipinski definition) is 2. The molecule has 0 aliphatic heterocycles. The van der Waals surface area contributed by atoms with Crippen LogP contribution in [0, 0.1) is 12.8 Å². The monoisotopic (exact) mass is 422 g/mol. The first-order chi connectivity index (χ1) is 14.4. The van der Waals surface area contributed by atoms with Crippen molar-refractivity contribution in [3.05, 3.63) is 65.2 Å². The minimum Gasteiger partial charge on any atom is -0.340 e. The predicted molar refractivity (Wildman–Crippen MR) is 121 cm³/mol. The molecule has 3 rings (SSSR count). The van der Waals surface area contributed by atoms with E-state index in [1.165, 1.54) is 11.3 Å². The van der Waals surface area contributed by atoms with Crippen LogP contribution in [0.15, 0.2) is 48.5 Å². The van der Waals surface area contributed by atoms with Crippen LogP contribution in [-0.2, 0) is 11.2 Å². The van der Waals surface area contributed by atoms with Gasteiger partial charge in [-0.3, -0.25) is 14.9 Å². The van der Waals surface area contributed by atoms with Gasteiger partial charge in [0.1, 0.15) is 11.0 Å². The Bertz CT molecular complexity index is 1010. The van der Waals surface area contributed by atoms with E-state index < -0.39 is 6.04 Å². The number of anilines is 1. The van der Waals surface area contributed by atoms with Gasteiger partial charge in [-0.15, -0.1) is 10.2 Å².